The van der Waals surface area contributed by atoms with Crippen LogP contribution in [0, 0.1) is 0 Å². The highest BCUT2D eigenvalue weighted by atomic mass is 16.5. The molecule has 0 bridgehead atoms. The Kier molecular flexibility index (Phi) is 7.02. The first-order valence-corrected chi connectivity index (χ1v) is 8.65. The molecule has 1 saturated heterocycles. The quantitative estimate of drug-likeness (QED) is 0.789. The van der Waals surface area contributed by atoms with Gasteiger partial charge in [0.25, 0.3) is 0 Å². The molecule has 1 fully saturated rings. The van der Waals surface area contributed by atoms with E-state index in [0.29, 0.717) is 25.7 Å². The van der Waals surface area contributed by atoms with Crippen molar-refractivity contribution < 1.29 is 14.6 Å². The van der Waals surface area contributed by atoms with Crippen molar-refractivity contribution >= 4 is 11.6 Å². The van der Waals surface area contributed by atoms with Crippen LogP contribution in [-0.2, 0) is 4.79 Å². The third-order valence-corrected chi connectivity index (χ3v) is 4.16. The van der Waals surface area contributed by atoms with Crippen LogP contribution in [0.4, 0.5) is 5.69 Å². The highest BCUT2D eigenvalue weighted by molar-refractivity contribution is 5.92. The minimum Gasteiger partial charge on any atom is -0.494 e. The van der Waals surface area contributed by atoms with Crippen molar-refractivity contribution in [3.05, 3.63) is 24.3 Å². The maximum absolute atomic E-state index is 12.2. The second-order valence-electron chi connectivity index (χ2n) is 6.43. The summed E-state index contributed by atoms with van der Waals surface area (Å²) in [6.07, 6.45) is -0.318. The molecule has 24 heavy (non-hydrogen) atoms. The van der Waals surface area contributed by atoms with Crippen molar-refractivity contribution in [2.24, 2.45) is 0 Å². The van der Waals surface area contributed by atoms with Crippen molar-refractivity contribution in [1.82, 2.24) is 9.80 Å². The summed E-state index contributed by atoms with van der Waals surface area (Å²) in [6.45, 7) is 10.2. The number of carbonyl (C=O) groups excluding carboxylic acids is 1. The zero-order valence-electron chi connectivity index (χ0n) is 14.9. The standard InChI is InChI=1S/C18H29N3O3/c1-4-24-17-7-5-16(6-8-17)19-18(23)13-20-9-10-21(12-15(3)22)14(2)11-20/h5-8,14-15,22H,4,9-13H2,1-3H3,(H,19,23). The van der Waals surface area contributed by atoms with Crippen molar-refractivity contribution in [3.63, 3.8) is 0 Å². The van der Waals surface area contributed by atoms with E-state index < -0.39 is 0 Å². The number of aliphatic hydroxyl groups is 1. The highest BCUT2D eigenvalue weighted by Crippen LogP contribution is 2.16. The summed E-state index contributed by atoms with van der Waals surface area (Å²) in [5, 5.41) is 12.4. The summed E-state index contributed by atoms with van der Waals surface area (Å²) < 4.78 is 5.39. The highest BCUT2D eigenvalue weighted by Gasteiger charge is 2.25. The van der Waals surface area contributed by atoms with Gasteiger partial charge in [0.2, 0.25) is 5.91 Å². The molecule has 6 nitrogen and oxygen atoms in total. The molecule has 2 N–H and O–H groups in total. The van der Waals surface area contributed by atoms with Gasteiger partial charge >= 0.3 is 0 Å². The molecule has 1 aromatic rings. The maximum atomic E-state index is 12.2. The van der Waals surface area contributed by atoms with E-state index in [4.69, 9.17) is 4.74 Å². The number of anilines is 1. The SMILES string of the molecule is CCOc1ccc(NC(=O)CN2CCN(CC(C)O)C(C)C2)cc1. The fourth-order valence-corrected chi connectivity index (χ4v) is 3.03. The first-order chi connectivity index (χ1) is 11.5. The Morgan fingerprint density at radius 2 is 2.08 bits per heavy atom. The van der Waals surface area contributed by atoms with Crippen molar-refractivity contribution in [2.45, 2.75) is 32.9 Å². The molecule has 0 spiro atoms. The van der Waals surface area contributed by atoms with E-state index in [1.54, 1.807) is 0 Å². The Labute approximate surface area is 144 Å². The van der Waals surface area contributed by atoms with E-state index in [9.17, 15) is 9.90 Å². The number of piperazine rings is 1. The van der Waals surface area contributed by atoms with Gasteiger partial charge in [-0.1, -0.05) is 0 Å². The van der Waals surface area contributed by atoms with Gasteiger partial charge in [0, 0.05) is 37.9 Å². The summed E-state index contributed by atoms with van der Waals surface area (Å²) in [5.74, 6) is 0.800. The Morgan fingerprint density at radius 1 is 1.38 bits per heavy atom. The predicted octanol–water partition coefficient (Wildman–Crippen LogP) is 1.41. The second-order valence-corrected chi connectivity index (χ2v) is 6.43. The number of aliphatic hydroxyl groups excluding tert-OH is 1. The van der Waals surface area contributed by atoms with Gasteiger partial charge in [-0.25, -0.2) is 0 Å². The molecule has 6 heteroatoms. The Hall–Kier alpha value is -1.63. The first kappa shape index (κ1) is 18.7. The van der Waals surface area contributed by atoms with E-state index >= 15 is 0 Å². The predicted molar refractivity (Wildman–Crippen MR) is 95.4 cm³/mol. The fraction of sp³-hybridized carbons (Fsp3) is 0.611. The third-order valence-electron chi connectivity index (χ3n) is 4.16. The van der Waals surface area contributed by atoms with E-state index in [1.807, 2.05) is 38.1 Å². The topological polar surface area (TPSA) is 65.0 Å². The lowest BCUT2D eigenvalue weighted by atomic mass is 10.1. The molecule has 1 aromatic carbocycles. The van der Waals surface area contributed by atoms with Gasteiger partial charge in [-0.05, 0) is 45.0 Å². The van der Waals surface area contributed by atoms with E-state index in [-0.39, 0.29) is 12.0 Å². The Balaban J connectivity index is 1.78. The molecular formula is C18H29N3O3. The molecule has 2 unspecified atom stereocenters. The molecular weight excluding hydrogens is 306 g/mol. The maximum Gasteiger partial charge on any atom is 0.238 e. The monoisotopic (exact) mass is 335 g/mol. The van der Waals surface area contributed by atoms with E-state index in [2.05, 4.69) is 22.0 Å². The second kappa shape index (κ2) is 9.01. The largest absolute Gasteiger partial charge is 0.494 e. The molecule has 0 aromatic heterocycles. The number of ether oxygens (including phenoxy) is 1. The molecule has 1 aliphatic heterocycles. The summed E-state index contributed by atoms with van der Waals surface area (Å²) in [7, 11) is 0. The number of amides is 1. The molecule has 0 aliphatic carbocycles. The number of carbonyl (C=O) groups is 1. The minimum absolute atomic E-state index is 0.00432. The van der Waals surface area contributed by atoms with Gasteiger partial charge in [-0.3, -0.25) is 14.6 Å². The Bertz CT molecular complexity index is 519. The zero-order valence-corrected chi connectivity index (χ0v) is 14.9. The molecule has 2 atom stereocenters. The van der Waals surface area contributed by atoms with Crippen LogP contribution in [0.2, 0.25) is 0 Å². The van der Waals surface area contributed by atoms with Crippen LogP contribution in [0.3, 0.4) is 0 Å². The number of hydrogen-bond acceptors (Lipinski definition) is 5. The van der Waals surface area contributed by atoms with Crippen molar-refractivity contribution in [3.8, 4) is 5.75 Å². The normalized spacial score (nSPS) is 20.6. The van der Waals surface area contributed by atoms with Gasteiger partial charge < -0.3 is 15.2 Å². The van der Waals surface area contributed by atoms with Crippen LogP contribution in [-0.4, -0.2) is 72.3 Å². The number of benzene rings is 1. The van der Waals surface area contributed by atoms with Crippen LogP contribution in [0.15, 0.2) is 24.3 Å². The average Bonchev–Trinajstić information content (AvgIpc) is 2.52. The molecule has 1 heterocycles. The number of rotatable bonds is 7. The minimum atomic E-state index is -0.318. The average molecular weight is 335 g/mol. The summed E-state index contributed by atoms with van der Waals surface area (Å²) >= 11 is 0. The van der Waals surface area contributed by atoms with Gasteiger partial charge in [-0.2, -0.15) is 0 Å². The van der Waals surface area contributed by atoms with Crippen LogP contribution in [0.1, 0.15) is 20.8 Å². The van der Waals surface area contributed by atoms with Crippen LogP contribution >= 0.6 is 0 Å². The van der Waals surface area contributed by atoms with Gasteiger partial charge in [-0.15, -0.1) is 0 Å². The lowest BCUT2D eigenvalue weighted by Crippen LogP contribution is -2.54. The smallest absolute Gasteiger partial charge is 0.238 e. The number of β-amino-alcohol motifs (C(OH)–C–C–N with tert-alkyl or cyclic N) is 1. The molecule has 2 rings (SSSR count). The Morgan fingerprint density at radius 3 is 2.67 bits per heavy atom. The lowest BCUT2D eigenvalue weighted by Gasteiger charge is -2.40. The molecule has 0 saturated carbocycles. The first-order valence-electron chi connectivity index (χ1n) is 8.65. The van der Waals surface area contributed by atoms with Crippen LogP contribution in [0.25, 0.3) is 0 Å². The van der Waals surface area contributed by atoms with Gasteiger partial charge in [0.05, 0.1) is 19.3 Å². The number of nitrogens with one attached hydrogen (secondary N) is 1. The molecule has 1 amide bonds. The number of hydrogen-bond donors (Lipinski definition) is 2. The molecule has 134 valence electrons. The molecule has 0 radical (unpaired) electrons. The van der Waals surface area contributed by atoms with E-state index in [0.717, 1.165) is 31.1 Å². The van der Waals surface area contributed by atoms with Gasteiger partial charge in [0.1, 0.15) is 5.75 Å². The van der Waals surface area contributed by atoms with Gasteiger partial charge in [0.15, 0.2) is 0 Å². The fourth-order valence-electron chi connectivity index (χ4n) is 3.03. The summed E-state index contributed by atoms with van der Waals surface area (Å²) in [6, 6.07) is 7.76. The summed E-state index contributed by atoms with van der Waals surface area (Å²) in [4.78, 5) is 16.6. The third kappa shape index (κ3) is 5.78. The lowest BCUT2D eigenvalue weighted by molar-refractivity contribution is -0.118. The zero-order chi connectivity index (χ0) is 17.5. The van der Waals surface area contributed by atoms with Crippen LogP contribution < -0.4 is 10.1 Å². The van der Waals surface area contributed by atoms with E-state index in [1.165, 1.54) is 0 Å². The summed E-state index contributed by atoms with van der Waals surface area (Å²) in [5.41, 5.74) is 0.782. The van der Waals surface area contributed by atoms with Crippen molar-refractivity contribution in [1.29, 1.82) is 0 Å². The van der Waals surface area contributed by atoms with Crippen LogP contribution in [0.5, 0.6) is 5.75 Å². The van der Waals surface area contributed by atoms with Crippen molar-refractivity contribution in [2.75, 3.05) is 44.6 Å². The molecule has 1 aliphatic rings. The number of nitrogens with zero attached hydrogens (tertiary/aromatic N) is 2.